The van der Waals surface area contributed by atoms with Crippen molar-refractivity contribution in [3.8, 4) is 0 Å². The highest BCUT2D eigenvalue weighted by atomic mass is 32.1. The van der Waals surface area contributed by atoms with E-state index < -0.39 is 0 Å². The second-order valence-corrected chi connectivity index (χ2v) is 9.72. The highest BCUT2D eigenvalue weighted by molar-refractivity contribution is 7.08. The maximum Gasteiger partial charge on any atom is 0.0429 e. The summed E-state index contributed by atoms with van der Waals surface area (Å²) < 4.78 is 0. The van der Waals surface area contributed by atoms with Gasteiger partial charge in [0.05, 0.1) is 0 Å². The van der Waals surface area contributed by atoms with E-state index in [-0.39, 0.29) is 0 Å². The van der Waals surface area contributed by atoms with Crippen LogP contribution in [0.4, 0.5) is 0 Å². The van der Waals surface area contributed by atoms with E-state index in [2.05, 4.69) is 75.5 Å². The van der Waals surface area contributed by atoms with E-state index in [9.17, 15) is 0 Å². The van der Waals surface area contributed by atoms with Crippen molar-refractivity contribution in [3.05, 3.63) is 76.0 Å². The van der Waals surface area contributed by atoms with Crippen molar-refractivity contribution in [1.29, 1.82) is 0 Å². The van der Waals surface area contributed by atoms with Crippen molar-refractivity contribution in [2.75, 3.05) is 0 Å². The number of benzene rings is 1. The third-order valence-corrected chi connectivity index (χ3v) is 6.81. The molecule has 1 atom stereocenters. The van der Waals surface area contributed by atoms with Crippen LogP contribution >= 0.6 is 11.3 Å². The number of thiophene rings is 1. The monoisotopic (exact) mass is 423 g/mol. The van der Waals surface area contributed by atoms with Gasteiger partial charge in [0.1, 0.15) is 0 Å². The molecular formula is C28H41NS. The molecule has 1 fully saturated rings. The fraction of sp³-hybridized carbons (Fsp3) is 0.500. The molecule has 1 unspecified atom stereocenters. The van der Waals surface area contributed by atoms with Gasteiger partial charge in [-0.3, -0.25) is 0 Å². The third-order valence-electron chi connectivity index (χ3n) is 6.05. The first-order valence-electron chi connectivity index (χ1n) is 11.7. The summed E-state index contributed by atoms with van der Waals surface area (Å²) in [5, 5.41) is 8.46. The predicted molar refractivity (Wildman–Crippen MR) is 136 cm³/mol. The Morgan fingerprint density at radius 2 is 1.77 bits per heavy atom. The Balaban J connectivity index is 0.000000386. The molecule has 1 heterocycles. The van der Waals surface area contributed by atoms with Crippen LogP contribution in [0.1, 0.15) is 88.8 Å². The van der Waals surface area contributed by atoms with Crippen LogP contribution in [-0.4, -0.2) is 6.04 Å². The number of hydrogen-bond acceptors (Lipinski definition) is 2. The van der Waals surface area contributed by atoms with E-state index in [0.717, 1.165) is 12.3 Å². The minimum atomic E-state index is 0.486. The fourth-order valence-corrected chi connectivity index (χ4v) is 4.64. The zero-order valence-electron chi connectivity index (χ0n) is 19.7. The molecule has 1 N–H and O–H groups in total. The Kier molecular flexibility index (Phi) is 10.4. The van der Waals surface area contributed by atoms with Crippen LogP contribution in [0, 0.1) is 12.8 Å². The lowest BCUT2D eigenvalue weighted by molar-refractivity contribution is 0.443. The standard InChI is InChI=1S/C21H33NS.C7H8/c1-6-17(5)22-21(12-16(4)15(2)3)20-14-23-13-19(20)18-10-8-7-9-11-18;1-7-5-3-2-4-6-7/h12-15,17-18,22H,4,6-11H2,1-3,5H3;2-6H,1H3/b21-12-;. The summed E-state index contributed by atoms with van der Waals surface area (Å²) in [6.45, 7) is 15.3. The molecule has 1 nitrogen and oxygen atoms in total. The zero-order chi connectivity index (χ0) is 21.9. The van der Waals surface area contributed by atoms with Crippen LogP contribution in [0.3, 0.4) is 0 Å². The number of nitrogens with one attached hydrogen (secondary N) is 1. The molecule has 0 radical (unpaired) electrons. The molecule has 1 aliphatic carbocycles. The summed E-state index contributed by atoms with van der Waals surface area (Å²) >= 11 is 1.85. The fourth-order valence-electron chi connectivity index (χ4n) is 3.71. The van der Waals surface area contributed by atoms with Crippen LogP contribution in [0.5, 0.6) is 0 Å². The molecular weight excluding hydrogens is 382 g/mol. The summed E-state index contributed by atoms with van der Waals surface area (Å²) in [4.78, 5) is 0. The van der Waals surface area contributed by atoms with Gasteiger partial charge in [0, 0.05) is 22.7 Å². The van der Waals surface area contributed by atoms with Crippen LogP contribution in [0.2, 0.25) is 0 Å². The Morgan fingerprint density at radius 3 is 2.30 bits per heavy atom. The molecule has 0 bridgehead atoms. The Bertz CT molecular complexity index is 778. The van der Waals surface area contributed by atoms with Crippen molar-refractivity contribution in [3.63, 3.8) is 0 Å². The Labute approximate surface area is 189 Å². The maximum absolute atomic E-state index is 4.27. The first kappa shape index (κ1) is 24.5. The molecule has 0 aliphatic heterocycles. The first-order valence-corrected chi connectivity index (χ1v) is 12.6. The van der Waals surface area contributed by atoms with Gasteiger partial charge in [0.2, 0.25) is 0 Å². The molecule has 164 valence electrons. The lowest BCUT2D eigenvalue weighted by Crippen LogP contribution is -2.24. The summed E-state index contributed by atoms with van der Waals surface area (Å²) in [5.74, 6) is 1.24. The van der Waals surface area contributed by atoms with Crippen molar-refractivity contribution in [1.82, 2.24) is 5.32 Å². The number of hydrogen-bond donors (Lipinski definition) is 1. The molecule has 1 aromatic carbocycles. The minimum absolute atomic E-state index is 0.486. The molecule has 3 rings (SSSR count). The van der Waals surface area contributed by atoms with Gasteiger partial charge in [-0.15, -0.1) is 0 Å². The lowest BCUT2D eigenvalue weighted by Gasteiger charge is -2.24. The normalized spacial score (nSPS) is 16.0. The topological polar surface area (TPSA) is 12.0 Å². The molecule has 1 aliphatic rings. The van der Waals surface area contributed by atoms with Gasteiger partial charge in [-0.1, -0.05) is 88.1 Å². The van der Waals surface area contributed by atoms with Crippen LogP contribution in [0.25, 0.3) is 5.70 Å². The third kappa shape index (κ3) is 7.80. The van der Waals surface area contributed by atoms with Crippen molar-refractivity contribution in [2.45, 2.75) is 85.1 Å². The number of allylic oxidation sites excluding steroid dienone is 2. The van der Waals surface area contributed by atoms with Gasteiger partial charge in [-0.2, -0.15) is 11.3 Å². The summed E-state index contributed by atoms with van der Waals surface area (Å²) in [5.41, 5.74) is 6.79. The molecule has 30 heavy (non-hydrogen) atoms. The second-order valence-electron chi connectivity index (χ2n) is 8.97. The van der Waals surface area contributed by atoms with Crippen LogP contribution in [-0.2, 0) is 0 Å². The van der Waals surface area contributed by atoms with Gasteiger partial charge in [0.25, 0.3) is 0 Å². The molecule has 2 aromatic rings. The summed E-state index contributed by atoms with van der Waals surface area (Å²) in [6, 6.07) is 10.7. The lowest BCUT2D eigenvalue weighted by atomic mass is 9.83. The Hall–Kier alpha value is -1.80. The van der Waals surface area contributed by atoms with Crippen molar-refractivity contribution >= 4 is 17.0 Å². The largest absolute Gasteiger partial charge is 0.382 e. The van der Waals surface area contributed by atoms with Crippen molar-refractivity contribution in [2.24, 2.45) is 5.92 Å². The average Bonchev–Trinajstić information content (AvgIpc) is 3.24. The Morgan fingerprint density at radius 1 is 1.10 bits per heavy atom. The quantitative estimate of drug-likeness (QED) is 0.439. The van der Waals surface area contributed by atoms with Gasteiger partial charge in [0.15, 0.2) is 0 Å². The van der Waals surface area contributed by atoms with Gasteiger partial charge in [-0.25, -0.2) is 0 Å². The molecule has 0 amide bonds. The van der Waals surface area contributed by atoms with Crippen LogP contribution < -0.4 is 5.32 Å². The van der Waals surface area contributed by atoms with E-state index in [0.29, 0.717) is 12.0 Å². The smallest absolute Gasteiger partial charge is 0.0429 e. The van der Waals surface area contributed by atoms with Gasteiger partial charge >= 0.3 is 0 Å². The molecule has 1 saturated carbocycles. The van der Waals surface area contributed by atoms with Gasteiger partial charge in [-0.05, 0) is 62.0 Å². The van der Waals surface area contributed by atoms with Crippen molar-refractivity contribution < 1.29 is 0 Å². The predicted octanol–water partition coefficient (Wildman–Crippen LogP) is 8.73. The van der Waals surface area contributed by atoms with E-state index in [4.69, 9.17) is 0 Å². The maximum atomic E-state index is 4.27. The number of rotatable bonds is 7. The SMILES string of the molecule is C=C(/C=C(\NC(C)CC)c1cscc1C1CCCCC1)C(C)C.Cc1ccccc1. The molecule has 1 aromatic heterocycles. The highest BCUT2D eigenvalue weighted by Crippen LogP contribution is 2.38. The summed E-state index contributed by atoms with van der Waals surface area (Å²) in [6.07, 6.45) is 10.3. The molecule has 2 heteroatoms. The summed E-state index contributed by atoms with van der Waals surface area (Å²) in [7, 11) is 0. The highest BCUT2D eigenvalue weighted by Gasteiger charge is 2.21. The first-order chi connectivity index (χ1) is 14.4. The van der Waals surface area contributed by atoms with E-state index in [1.54, 1.807) is 5.56 Å². The van der Waals surface area contributed by atoms with E-state index in [1.165, 1.54) is 54.5 Å². The number of aryl methyl sites for hydroxylation is 1. The average molecular weight is 424 g/mol. The zero-order valence-corrected chi connectivity index (χ0v) is 20.5. The van der Waals surface area contributed by atoms with E-state index in [1.807, 2.05) is 29.5 Å². The molecule has 0 spiro atoms. The second kappa shape index (κ2) is 12.8. The van der Waals surface area contributed by atoms with E-state index >= 15 is 0 Å². The van der Waals surface area contributed by atoms with Gasteiger partial charge < -0.3 is 5.32 Å². The molecule has 0 saturated heterocycles. The van der Waals surface area contributed by atoms with Crippen LogP contribution in [0.15, 0.2) is 59.3 Å². The minimum Gasteiger partial charge on any atom is -0.382 e.